The zero-order valence-electron chi connectivity index (χ0n) is 32.5. The Bertz CT molecular complexity index is 2060. The van der Waals surface area contributed by atoms with Crippen molar-refractivity contribution >= 4 is 57.8 Å². The van der Waals surface area contributed by atoms with Crippen LogP contribution in [0.4, 0.5) is 31.9 Å². The molecule has 3 fully saturated rings. The Morgan fingerprint density at radius 3 is 2.00 bits per heavy atom. The Hall–Kier alpha value is -3.58. The fraction of sp³-hybridized carbons (Fsp3) is 0.622. The van der Waals surface area contributed by atoms with Gasteiger partial charge >= 0.3 is 0 Å². The molecule has 4 aromatic rings. The summed E-state index contributed by atoms with van der Waals surface area (Å²) in [6.07, 6.45) is -4.02. The summed E-state index contributed by atoms with van der Waals surface area (Å²) in [4.78, 5) is 19.4. The minimum atomic E-state index is -1.28. The summed E-state index contributed by atoms with van der Waals surface area (Å²) in [6, 6.07) is 2.08. The molecule has 0 radical (unpaired) electrons. The standard InChI is InChI=1S/C37H50F2N10O8S2/c1-3-11-58-36-43-32(40-21-14-18(21)17-5-6-19(38)20(39)13-17)26(33(44-36)41-22-15-24(56-9-7-50)30(54)28(22)52)42-34-27-35(46-37(45-34)59-12-4-2)49(48-47-27)23-16-25(57-10-8-51)31(55)29(23)53/h5-6,13,18,21-25,28-31,50-55H,3-4,7-12,14-16H2,1-2H3,(H,42,45,46)(H2,40,41,43,44)/t18-,21-,22+,23+,24-,25-,28-,29-,30+,31+/m0/s1. The van der Waals surface area contributed by atoms with E-state index >= 15 is 0 Å². The average molecular weight is 865 g/mol. The minimum Gasteiger partial charge on any atom is -0.394 e. The number of benzene rings is 1. The van der Waals surface area contributed by atoms with E-state index in [0.717, 1.165) is 18.9 Å². The van der Waals surface area contributed by atoms with Gasteiger partial charge < -0.3 is 56.1 Å². The summed E-state index contributed by atoms with van der Waals surface area (Å²) in [7, 11) is 0. The molecule has 22 heteroatoms. The van der Waals surface area contributed by atoms with Gasteiger partial charge in [0.2, 0.25) is 0 Å². The lowest BCUT2D eigenvalue weighted by atomic mass is 10.1. The third kappa shape index (κ3) is 9.66. The molecule has 0 unspecified atom stereocenters. The van der Waals surface area contributed by atoms with Crippen LogP contribution >= 0.6 is 23.5 Å². The molecule has 3 saturated carbocycles. The van der Waals surface area contributed by atoms with E-state index in [1.165, 1.54) is 34.3 Å². The molecule has 1 aromatic carbocycles. The summed E-state index contributed by atoms with van der Waals surface area (Å²) >= 11 is 2.80. The summed E-state index contributed by atoms with van der Waals surface area (Å²) in [5.74, 6) is 0.108. The number of aromatic nitrogens is 7. The van der Waals surface area contributed by atoms with Gasteiger partial charge in [0.1, 0.15) is 30.1 Å². The van der Waals surface area contributed by atoms with Crippen molar-refractivity contribution in [1.82, 2.24) is 34.9 Å². The highest BCUT2D eigenvalue weighted by molar-refractivity contribution is 7.99. The van der Waals surface area contributed by atoms with Crippen LogP contribution in [-0.4, -0.2) is 152 Å². The molecule has 10 atom stereocenters. The zero-order valence-corrected chi connectivity index (χ0v) is 34.1. The van der Waals surface area contributed by atoms with Crippen molar-refractivity contribution in [2.75, 3.05) is 53.9 Å². The van der Waals surface area contributed by atoms with Gasteiger partial charge in [-0.05, 0) is 43.4 Å². The van der Waals surface area contributed by atoms with Crippen LogP contribution in [0.1, 0.15) is 63.5 Å². The molecule has 59 heavy (non-hydrogen) atoms. The maximum atomic E-state index is 14.3. The maximum Gasteiger partial charge on any atom is 0.191 e. The number of ether oxygens (including phenoxy) is 2. The molecule has 322 valence electrons. The third-order valence-electron chi connectivity index (χ3n) is 10.5. The molecule has 3 aliphatic carbocycles. The van der Waals surface area contributed by atoms with Crippen molar-refractivity contribution in [3.8, 4) is 0 Å². The molecule has 0 amide bonds. The van der Waals surface area contributed by atoms with Gasteiger partial charge in [0.05, 0.1) is 50.7 Å². The van der Waals surface area contributed by atoms with Crippen molar-refractivity contribution in [1.29, 1.82) is 0 Å². The Morgan fingerprint density at radius 2 is 1.36 bits per heavy atom. The third-order valence-corrected chi connectivity index (χ3v) is 12.6. The van der Waals surface area contributed by atoms with Crippen molar-refractivity contribution in [2.24, 2.45) is 0 Å². The van der Waals surface area contributed by atoms with Crippen LogP contribution in [0.25, 0.3) is 11.2 Å². The first-order valence-corrected chi connectivity index (χ1v) is 21.7. The van der Waals surface area contributed by atoms with E-state index in [2.05, 4.69) is 26.3 Å². The number of rotatable bonds is 20. The highest BCUT2D eigenvalue weighted by Crippen LogP contribution is 2.46. The highest BCUT2D eigenvalue weighted by Gasteiger charge is 2.46. The van der Waals surface area contributed by atoms with Crippen molar-refractivity contribution in [3.05, 3.63) is 35.4 Å². The van der Waals surface area contributed by atoms with E-state index in [0.29, 0.717) is 39.6 Å². The van der Waals surface area contributed by atoms with Crippen LogP contribution in [0.15, 0.2) is 28.5 Å². The number of aliphatic hydroxyl groups is 6. The SMILES string of the molecule is CCCSc1nc(N[C@H]2C[C@H]2c2ccc(F)c(F)c2)c(Nc2nc(SCCC)nc3c2nnn3[C@@H]2C[C@H](OCCO)[C@@H](O)[C@H]2O)c(N[C@@H]2C[C@H](OCCO)[C@@H](O)[C@H]2O)n1. The molecular formula is C37H50F2N10O8S2. The fourth-order valence-corrected chi connectivity index (χ4v) is 8.81. The molecule has 0 spiro atoms. The van der Waals surface area contributed by atoms with Crippen molar-refractivity contribution in [3.63, 3.8) is 0 Å². The highest BCUT2D eigenvalue weighted by atomic mass is 32.2. The van der Waals surface area contributed by atoms with Gasteiger partial charge in [-0.2, -0.15) is 0 Å². The van der Waals surface area contributed by atoms with Gasteiger partial charge in [-0.25, -0.2) is 33.4 Å². The lowest BCUT2D eigenvalue weighted by Gasteiger charge is -2.23. The zero-order chi connectivity index (χ0) is 41.8. The molecule has 3 heterocycles. The number of hydrogen-bond donors (Lipinski definition) is 9. The Labute approximate surface area is 346 Å². The maximum absolute atomic E-state index is 14.3. The second-order valence-corrected chi connectivity index (χ2v) is 16.9. The first kappa shape index (κ1) is 43.5. The lowest BCUT2D eigenvalue weighted by Crippen LogP contribution is -2.36. The Balaban J connectivity index is 1.30. The number of aliphatic hydroxyl groups excluding tert-OH is 6. The predicted molar refractivity (Wildman–Crippen MR) is 215 cm³/mol. The van der Waals surface area contributed by atoms with E-state index in [4.69, 9.17) is 29.4 Å². The molecule has 3 aromatic heterocycles. The van der Waals surface area contributed by atoms with Crippen molar-refractivity contribution < 1.29 is 48.9 Å². The number of hydrogen-bond acceptors (Lipinski definition) is 19. The summed E-state index contributed by atoms with van der Waals surface area (Å²) in [6.45, 7) is 3.49. The first-order chi connectivity index (χ1) is 28.5. The minimum absolute atomic E-state index is 0.0204. The molecule has 7 rings (SSSR count). The summed E-state index contributed by atoms with van der Waals surface area (Å²) in [5.41, 5.74) is 1.39. The predicted octanol–water partition coefficient (Wildman–Crippen LogP) is 2.33. The molecule has 0 saturated heterocycles. The number of thioether (sulfide) groups is 2. The van der Waals surface area contributed by atoms with Crippen molar-refractivity contribution in [2.45, 2.75) is 117 Å². The van der Waals surface area contributed by atoms with E-state index in [1.807, 2.05) is 13.8 Å². The summed E-state index contributed by atoms with van der Waals surface area (Å²) in [5, 5.41) is 82.3. The van der Waals surface area contributed by atoms with Gasteiger partial charge in [-0.3, -0.25) is 0 Å². The second kappa shape index (κ2) is 19.4. The quantitative estimate of drug-likeness (QED) is 0.0456. The van der Waals surface area contributed by atoms with Gasteiger partial charge in [0.25, 0.3) is 0 Å². The van der Waals surface area contributed by atoms with Gasteiger partial charge in [-0.15, -0.1) is 5.10 Å². The topological polar surface area (TPSA) is 258 Å². The fourth-order valence-electron chi connectivity index (χ4n) is 7.42. The van der Waals surface area contributed by atoms with E-state index in [1.54, 1.807) is 6.07 Å². The second-order valence-electron chi connectivity index (χ2n) is 14.7. The number of fused-ring (bicyclic) bond motifs is 1. The number of halogens is 2. The van der Waals surface area contributed by atoms with Crippen LogP contribution in [0.3, 0.4) is 0 Å². The van der Waals surface area contributed by atoms with Gasteiger partial charge in [0.15, 0.2) is 50.6 Å². The number of anilines is 4. The van der Waals surface area contributed by atoms with Crippen LogP contribution < -0.4 is 16.0 Å². The molecule has 9 N–H and O–H groups in total. The Morgan fingerprint density at radius 1 is 0.746 bits per heavy atom. The summed E-state index contributed by atoms with van der Waals surface area (Å²) < 4.78 is 40.8. The molecule has 0 aliphatic heterocycles. The van der Waals surface area contributed by atoms with Gasteiger partial charge in [-0.1, -0.05) is 48.7 Å². The molecule has 3 aliphatic rings. The van der Waals surface area contributed by atoms with Crippen LogP contribution in [-0.2, 0) is 9.47 Å². The van der Waals surface area contributed by atoms with Crippen LogP contribution in [0.5, 0.6) is 0 Å². The lowest BCUT2D eigenvalue weighted by molar-refractivity contribution is -0.0629. The Kier molecular flexibility index (Phi) is 14.3. The van der Waals surface area contributed by atoms with Gasteiger partial charge in [0, 0.05) is 29.9 Å². The van der Waals surface area contributed by atoms with E-state index < -0.39 is 60.3 Å². The average Bonchev–Trinajstić information content (AvgIpc) is 3.66. The monoisotopic (exact) mass is 864 g/mol. The first-order valence-electron chi connectivity index (χ1n) is 19.8. The number of nitrogens with zero attached hydrogens (tertiary/aromatic N) is 7. The molecular weight excluding hydrogens is 815 g/mol. The van der Waals surface area contributed by atoms with Crippen LogP contribution in [0.2, 0.25) is 0 Å². The largest absolute Gasteiger partial charge is 0.394 e. The smallest absolute Gasteiger partial charge is 0.191 e. The van der Waals surface area contributed by atoms with E-state index in [-0.39, 0.29) is 79.7 Å². The number of nitrogens with one attached hydrogen (secondary N) is 3. The molecule has 18 nitrogen and oxygen atoms in total. The molecule has 0 bridgehead atoms. The van der Waals surface area contributed by atoms with E-state index in [9.17, 15) is 39.4 Å². The normalized spacial score (nSPS) is 27.8. The van der Waals surface area contributed by atoms with Crippen LogP contribution in [0, 0.1) is 11.6 Å².